The number of hydrogen-bond acceptors (Lipinski definition) is 2. The van der Waals surface area contributed by atoms with Crippen LogP contribution in [-0.4, -0.2) is 12.9 Å². The third-order valence-electron chi connectivity index (χ3n) is 2.78. The van der Waals surface area contributed by atoms with Crippen LogP contribution < -0.4 is 4.74 Å². The smallest absolute Gasteiger partial charge is 0.153 e. The third kappa shape index (κ3) is 3.90. The molecule has 0 aliphatic heterocycles. The van der Waals surface area contributed by atoms with Gasteiger partial charge in [-0.1, -0.05) is 49.9 Å². The first-order valence-electron chi connectivity index (χ1n) is 5.69. The molecular weight excluding hydrogens is 259 g/mol. The Morgan fingerprint density at radius 2 is 1.94 bits per heavy atom. The molecule has 17 heavy (non-hydrogen) atoms. The van der Waals surface area contributed by atoms with Crippen LogP contribution in [0, 0.1) is 5.92 Å². The standard InChI is InChI=1S/C13H16Cl2O2/c1-3-9(4-2)8-17-13-10(7-16)5-11(14)6-12(13)15/h5-7,9H,3-4,8H2,1-2H3. The summed E-state index contributed by atoms with van der Waals surface area (Å²) in [7, 11) is 0. The molecule has 0 saturated carbocycles. The van der Waals surface area contributed by atoms with Crippen LogP contribution in [-0.2, 0) is 0 Å². The van der Waals surface area contributed by atoms with E-state index < -0.39 is 0 Å². The summed E-state index contributed by atoms with van der Waals surface area (Å²) in [5, 5.41) is 0.817. The molecule has 1 aromatic rings. The lowest BCUT2D eigenvalue weighted by molar-refractivity contribution is 0.111. The SMILES string of the molecule is CCC(CC)COc1c(Cl)cc(Cl)cc1C=O. The van der Waals surface area contributed by atoms with Gasteiger partial charge in [0.2, 0.25) is 0 Å². The van der Waals surface area contributed by atoms with E-state index in [1.807, 2.05) is 0 Å². The highest BCUT2D eigenvalue weighted by Gasteiger charge is 2.12. The fourth-order valence-electron chi connectivity index (χ4n) is 1.55. The lowest BCUT2D eigenvalue weighted by atomic mass is 10.1. The van der Waals surface area contributed by atoms with Crippen LogP contribution in [0.2, 0.25) is 10.0 Å². The summed E-state index contributed by atoms with van der Waals surface area (Å²) in [6.07, 6.45) is 2.79. The van der Waals surface area contributed by atoms with Crippen molar-refractivity contribution >= 4 is 29.5 Å². The molecule has 0 bridgehead atoms. The number of hydrogen-bond donors (Lipinski definition) is 0. The van der Waals surface area contributed by atoms with Crippen LogP contribution in [0.3, 0.4) is 0 Å². The summed E-state index contributed by atoms with van der Waals surface area (Å²) in [6, 6.07) is 3.14. The lowest BCUT2D eigenvalue weighted by Crippen LogP contribution is -2.11. The molecule has 4 heteroatoms. The van der Waals surface area contributed by atoms with E-state index in [1.165, 1.54) is 0 Å². The molecule has 94 valence electrons. The highest BCUT2D eigenvalue weighted by Crippen LogP contribution is 2.32. The summed E-state index contributed by atoms with van der Waals surface area (Å²) < 4.78 is 5.64. The first kappa shape index (κ1) is 14.3. The first-order valence-corrected chi connectivity index (χ1v) is 6.44. The van der Waals surface area contributed by atoms with Crippen molar-refractivity contribution in [2.45, 2.75) is 26.7 Å². The van der Waals surface area contributed by atoms with Gasteiger partial charge >= 0.3 is 0 Å². The molecule has 0 atom stereocenters. The Labute approximate surface area is 112 Å². The summed E-state index contributed by atoms with van der Waals surface area (Å²) in [5.74, 6) is 0.902. The zero-order valence-corrected chi connectivity index (χ0v) is 11.5. The number of carbonyl (C=O) groups is 1. The summed E-state index contributed by atoms with van der Waals surface area (Å²) in [5.41, 5.74) is 0.397. The van der Waals surface area contributed by atoms with Crippen molar-refractivity contribution in [2.75, 3.05) is 6.61 Å². The van der Waals surface area contributed by atoms with E-state index in [4.69, 9.17) is 27.9 Å². The maximum absolute atomic E-state index is 10.9. The van der Waals surface area contributed by atoms with Gasteiger partial charge in [-0.2, -0.15) is 0 Å². The van der Waals surface area contributed by atoms with E-state index in [0.717, 1.165) is 12.8 Å². The number of rotatable bonds is 6. The van der Waals surface area contributed by atoms with E-state index in [2.05, 4.69) is 13.8 Å². The van der Waals surface area contributed by atoms with Crippen LogP contribution in [0.15, 0.2) is 12.1 Å². The van der Waals surface area contributed by atoms with E-state index >= 15 is 0 Å². The second-order valence-corrected chi connectivity index (χ2v) is 4.76. The Morgan fingerprint density at radius 1 is 1.29 bits per heavy atom. The Hall–Kier alpha value is -0.730. The van der Waals surface area contributed by atoms with E-state index in [1.54, 1.807) is 12.1 Å². The summed E-state index contributed by atoms with van der Waals surface area (Å²) >= 11 is 11.8. The zero-order valence-electron chi connectivity index (χ0n) is 10.0. The summed E-state index contributed by atoms with van der Waals surface area (Å²) in [4.78, 5) is 10.9. The topological polar surface area (TPSA) is 26.3 Å². The van der Waals surface area contributed by atoms with Crippen molar-refractivity contribution in [3.8, 4) is 5.75 Å². The van der Waals surface area contributed by atoms with Gasteiger partial charge < -0.3 is 4.74 Å². The van der Waals surface area contributed by atoms with Gasteiger partial charge in [-0.05, 0) is 18.1 Å². The summed E-state index contributed by atoms with van der Waals surface area (Å²) in [6.45, 7) is 4.79. The molecule has 0 amide bonds. The number of aldehydes is 1. The average Bonchev–Trinajstić information content (AvgIpc) is 2.31. The number of carbonyl (C=O) groups excluding carboxylic acids is 1. The van der Waals surface area contributed by atoms with Gasteiger partial charge in [-0.25, -0.2) is 0 Å². The molecule has 0 fully saturated rings. The third-order valence-corrected chi connectivity index (χ3v) is 3.28. The van der Waals surface area contributed by atoms with E-state index in [-0.39, 0.29) is 0 Å². The molecule has 1 rings (SSSR count). The molecule has 0 radical (unpaired) electrons. The van der Waals surface area contributed by atoms with Crippen molar-refractivity contribution in [1.29, 1.82) is 0 Å². The van der Waals surface area contributed by atoms with Crippen LogP contribution in [0.5, 0.6) is 5.75 Å². The minimum absolute atomic E-state index is 0.380. The normalized spacial score (nSPS) is 10.6. The minimum Gasteiger partial charge on any atom is -0.491 e. The molecule has 0 unspecified atom stereocenters. The van der Waals surface area contributed by atoms with Crippen LogP contribution in [0.1, 0.15) is 37.0 Å². The minimum atomic E-state index is 0.380. The van der Waals surface area contributed by atoms with Gasteiger partial charge in [-0.3, -0.25) is 4.79 Å². The number of ether oxygens (including phenoxy) is 1. The fraction of sp³-hybridized carbons (Fsp3) is 0.462. The molecular formula is C13H16Cl2O2. The Kier molecular flexibility index (Phi) is 5.79. The monoisotopic (exact) mass is 274 g/mol. The largest absolute Gasteiger partial charge is 0.491 e. The maximum atomic E-state index is 10.9. The maximum Gasteiger partial charge on any atom is 0.153 e. The highest BCUT2D eigenvalue weighted by atomic mass is 35.5. The fourth-order valence-corrected chi connectivity index (χ4v) is 2.11. The van der Waals surface area contributed by atoms with Gasteiger partial charge in [0.25, 0.3) is 0 Å². The molecule has 0 saturated heterocycles. The van der Waals surface area contributed by atoms with Crippen molar-refractivity contribution in [2.24, 2.45) is 5.92 Å². The van der Waals surface area contributed by atoms with E-state index in [0.29, 0.717) is 40.2 Å². The molecule has 0 aromatic heterocycles. The van der Waals surface area contributed by atoms with E-state index in [9.17, 15) is 4.79 Å². The predicted molar refractivity (Wildman–Crippen MR) is 71.4 cm³/mol. The van der Waals surface area contributed by atoms with Gasteiger partial charge in [-0.15, -0.1) is 0 Å². The number of benzene rings is 1. The van der Waals surface area contributed by atoms with Gasteiger partial charge in [0, 0.05) is 5.02 Å². The molecule has 2 nitrogen and oxygen atoms in total. The van der Waals surface area contributed by atoms with Crippen LogP contribution in [0.4, 0.5) is 0 Å². The second kappa shape index (κ2) is 6.87. The average molecular weight is 275 g/mol. The predicted octanol–water partition coefficient (Wildman–Crippen LogP) is 4.62. The Bertz CT molecular complexity index is 387. The lowest BCUT2D eigenvalue weighted by Gasteiger charge is -2.16. The van der Waals surface area contributed by atoms with Crippen molar-refractivity contribution in [3.63, 3.8) is 0 Å². The molecule has 0 aliphatic carbocycles. The van der Waals surface area contributed by atoms with Crippen molar-refractivity contribution in [1.82, 2.24) is 0 Å². The first-order chi connectivity index (χ1) is 8.12. The van der Waals surface area contributed by atoms with Gasteiger partial charge in [0.05, 0.1) is 17.2 Å². The Balaban J connectivity index is 2.86. The van der Waals surface area contributed by atoms with Crippen molar-refractivity contribution in [3.05, 3.63) is 27.7 Å². The zero-order chi connectivity index (χ0) is 12.8. The van der Waals surface area contributed by atoms with Crippen molar-refractivity contribution < 1.29 is 9.53 Å². The molecule has 0 heterocycles. The molecule has 0 N–H and O–H groups in total. The molecule has 1 aromatic carbocycles. The van der Waals surface area contributed by atoms with Crippen LogP contribution in [0.25, 0.3) is 0 Å². The quantitative estimate of drug-likeness (QED) is 0.708. The Morgan fingerprint density at radius 3 is 2.47 bits per heavy atom. The second-order valence-electron chi connectivity index (χ2n) is 3.92. The highest BCUT2D eigenvalue weighted by molar-refractivity contribution is 6.36. The molecule has 0 spiro atoms. The van der Waals surface area contributed by atoms with Gasteiger partial charge in [0.15, 0.2) is 6.29 Å². The van der Waals surface area contributed by atoms with Gasteiger partial charge in [0.1, 0.15) is 5.75 Å². The van der Waals surface area contributed by atoms with Crippen LogP contribution >= 0.6 is 23.2 Å². The number of halogens is 2. The molecule has 0 aliphatic rings.